The molecule has 2 heterocycles. The van der Waals surface area contributed by atoms with Crippen molar-refractivity contribution in [3.05, 3.63) is 76.5 Å². The van der Waals surface area contributed by atoms with Crippen LogP contribution in [0.4, 0.5) is 11.4 Å². The molecule has 3 aromatic rings. The Morgan fingerprint density at radius 2 is 2.00 bits per heavy atom. The smallest absolute Gasteiger partial charge is 0.306 e. The van der Waals surface area contributed by atoms with Crippen molar-refractivity contribution in [3.63, 3.8) is 0 Å². The molecule has 0 aliphatic rings. The lowest BCUT2D eigenvalue weighted by molar-refractivity contribution is -0.385. The minimum Gasteiger partial charge on any atom is -0.459 e. The topological polar surface area (TPSA) is 132 Å². The number of carbonyl (C=O) groups is 2. The third-order valence-electron chi connectivity index (χ3n) is 3.84. The average molecular weight is 383 g/mol. The molecule has 0 radical (unpaired) electrons. The number of hydrogen-bond donors (Lipinski definition) is 2. The zero-order chi connectivity index (χ0) is 19.9. The maximum Gasteiger partial charge on any atom is 0.306 e. The first-order valence-corrected chi connectivity index (χ1v) is 8.38. The van der Waals surface area contributed by atoms with Gasteiger partial charge in [-0.1, -0.05) is 12.1 Å². The molecule has 0 aliphatic heterocycles. The first-order valence-electron chi connectivity index (χ1n) is 8.38. The molecule has 144 valence electrons. The molecule has 0 saturated heterocycles. The third kappa shape index (κ3) is 5.04. The van der Waals surface area contributed by atoms with Crippen LogP contribution in [0.15, 0.2) is 59.5 Å². The average Bonchev–Trinajstić information content (AvgIpc) is 3.37. The highest BCUT2D eigenvalue weighted by Gasteiger charge is 2.10. The van der Waals surface area contributed by atoms with Gasteiger partial charge in [-0.3, -0.25) is 24.4 Å². The van der Waals surface area contributed by atoms with E-state index in [0.29, 0.717) is 12.2 Å². The lowest BCUT2D eigenvalue weighted by Gasteiger charge is -2.07. The van der Waals surface area contributed by atoms with Gasteiger partial charge in [0.2, 0.25) is 5.91 Å². The van der Waals surface area contributed by atoms with Crippen LogP contribution in [0.5, 0.6) is 0 Å². The number of nitrogens with one attached hydrogen (secondary N) is 2. The van der Waals surface area contributed by atoms with Crippen LogP contribution in [0.3, 0.4) is 0 Å². The van der Waals surface area contributed by atoms with Crippen LogP contribution < -0.4 is 10.6 Å². The van der Waals surface area contributed by atoms with E-state index in [-0.39, 0.29) is 36.2 Å². The Morgan fingerprint density at radius 1 is 1.21 bits per heavy atom. The largest absolute Gasteiger partial charge is 0.459 e. The molecule has 0 unspecified atom stereocenters. The molecule has 10 heteroatoms. The van der Waals surface area contributed by atoms with E-state index >= 15 is 0 Å². The highest BCUT2D eigenvalue weighted by molar-refractivity contribution is 6.02. The van der Waals surface area contributed by atoms with Gasteiger partial charge in [-0.2, -0.15) is 5.10 Å². The van der Waals surface area contributed by atoms with Gasteiger partial charge in [0.05, 0.1) is 11.2 Å². The van der Waals surface area contributed by atoms with Gasteiger partial charge < -0.3 is 15.1 Å². The summed E-state index contributed by atoms with van der Waals surface area (Å²) in [7, 11) is 0. The fourth-order valence-electron chi connectivity index (χ4n) is 2.38. The van der Waals surface area contributed by atoms with Crippen molar-refractivity contribution in [1.82, 2.24) is 15.1 Å². The third-order valence-corrected chi connectivity index (χ3v) is 3.84. The Bertz CT molecular complexity index is 963. The van der Waals surface area contributed by atoms with Gasteiger partial charge >= 0.3 is 5.69 Å². The zero-order valence-corrected chi connectivity index (χ0v) is 14.7. The number of anilines is 1. The minimum absolute atomic E-state index is 0.111. The molecule has 2 amide bonds. The summed E-state index contributed by atoms with van der Waals surface area (Å²) in [6.07, 6.45) is 4.00. The van der Waals surface area contributed by atoms with E-state index < -0.39 is 4.92 Å². The predicted molar refractivity (Wildman–Crippen MR) is 98.4 cm³/mol. The van der Waals surface area contributed by atoms with E-state index in [9.17, 15) is 19.7 Å². The predicted octanol–water partition coefficient (Wildman–Crippen LogP) is 2.34. The number of carbonyl (C=O) groups excluding carboxylic acids is 2. The number of hydrogen-bond acceptors (Lipinski definition) is 6. The second-order valence-electron chi connectivity index (χ2n) is 5.87. The lowest BCUT2D eigenvalue weighted by atomic mass is 10.2. The van der Waals surface area contributed by atoms with Crippen LogP contribution in [0.1, 0.15) is 22.5 Å². The summed E-state index contributed by atoms with van der Waals surface area (Å²) in [6, 6.07) is 10.2. The summed E-state index contributed by atoms with van der Waals surface area (Å²) in [5.74, 6) is -0.322. The van der Waals surface area contributed by atoms with Crippen LogP contribution >= 0.6 is 0 Å². The number of nitro groups is 1. The van der Waals surface area contributed by atoms with Gasteiger partial charge in [0.1, 0.15) is 12.4 Å². The Balaban J connectivity index is 1.43. The number of nitrogens with zero attached hydrogens (tertiary/aromatic N) is 3. The zero-order valence-electron chi connectivity index (χ0n) is 14.7. The summed E-state index contributed by atoms with van der Waals surface area (Å²) in [6.45, 7) is 0.571. The maximum atomic E-state index is 11.9. The van der Waals surface area contributed by atoms with E-state index in [1.54, 1.807) is 36.4 Å². The van der Waals surface area contributed by atoms with Crippen molar-refractivity contribution in [1.29, 1.82) is 0 Å². The molecule has 2 aromatic heterocycles. The summed E-state index contributed by atoms with van der Waals surface area (Å²) in [4.78, 5) is 33.9. The monoisotopic (exact) mass is 383 g/mol. The molecule has 0 aliphatic carbocycles. The molecule has 0 saturated carbocycles. The number of amides is 2. The Morgan fingerprint density at radius 3 is 2.64 bits per heavy atom. The second kappa shape index (κ2) is 8.62. The molecule has 10 nitrogen and oxygen atoms in total. The van der Waals surface area contributed by atoms with Crippen molar-refractivity contribution >= 4 is 23.2 Å². The van der Waals surface area contributed by atoms with E-state index in [0.717, 1.165) is 11.8 Å². The van der Waals surface area contributed by atoms with Crippen LogP contribution in [-0.4, -0.2) is 26.5 Å². The quantitative estimate of drug-likeness (QED) is 0.453. The van der Waals surface area contributed by atoms with Gasteiger partial charge in [0, 0.05) is 25.2 Å². The van der Waals surface area contributed by atoms with E-state index in [4.69, 9.17) is 4.42 Å². The van der Waals surface area contributed by atoms with Gasteiger partial charge in [0.15, 0.2) is 5.76 Å². The van der Waals surface area contributed by atoms with Gasteiger partial charge in [0.25, 0.3) is 5.91 Å². The van der Waals surface area contributed by atoms with Crippen LogP contribution in [-0.2, 0) is 17.9 Å². The number of rotatable bonds is 8. The van der Waals surface area contributed by atoms with Gasteiger partial charge in [-0.05, 0) is 29.8 Å². The molecular weight excluding hydrogens is 366 g/mol. The second-order valence-corrected chi connectivity index (χ2v) is 5.87. The summed E-state index contributed by atoms with van der Waals surface area (Å²) < 4.78 is 6.38. The molecule has 1 aromatic carbocycles. The molecular formula is C18H17N5O5. The maximum absolute atomic E-state index is 11.9. The van der Waals surface area contributed by atoms with Crippen LogP contribution in [0.25, 0.3) is 0 Å². The summed E-state index contributed by atoms with van der Waals surface area (Å²) >= 11 is 0. The highest BCUT2D eigenvalue weighted by atomic mass is 16.6. The minimum atomic E-state index is -0.537. The van der Waals surface area contributed by atoms with Crippen molar-refractivity contribution in [3.8, 4) is 0 Å². The molecule has 3 rings (SSSR count). The van der Waals surface area contributed by atoms with E-state index in [2.05, 4.69) is 15.7 Å². The van der Waals surface area contributed by atoms with Crippen LogP contribution in [0, 0.1) is 10.1 Å². The molecule has 0 fully saturated rings. The lowest BCUT2D eigenvalue weighted by Crippen LogP contribution is -2.24. The van der Waals surface area contributed by atoms with Gasteiger partial charge in [-0.15, -0.1) is 0 Å². The molecule has 0 spiro atoms. The Hall–Kier alpha value is -3.95. The molecule has 28 heavy (non-hydrogen) atoms. The number of aryl methyl sites for hydroxylation is 1. The van der Waals surface area contributed by atoms with Crippen molar-refractivity contribution < 1.29 is 18.9 Å². The molecule has 2 N–H and O–H groups in total. The fraction of sp³-hybridized carbons (Fsp3) is 0.167. The normalized spacial score (nSPS) is 10.4. The van der Waals surface area contributed by atoms with E-state index in [1.807, 2.05) is 0 Å². The Labute approximate surface area is 159 Å². The summed E-state index contributed by atoms with van der Waals surface area (Å²) in [5, 5.41) is 19.9. The van der Waals surface area contributed by atoms with Crippen molar-refractivity contribution in [2.24, 2.45) is 0 Å². The Kier molecular flexibility index (Phi) is 5.80. The van der Waals surface area contributed by atoms with Gasteiger partial charge in [-0.25, -0.2) is 0 Å². The molecule has 0 bridgehead atoms. The molecule has 0 atom stereocenters. The standard InChI is InChI=1S/C18H17N5O5/c24-17(7-8-22-12-15(11-20-22)23(26)27)19-10-13-3-5-14(6-4-13)21-18(25)16-2-1-9-28-16/h1-6,9,11-12H,7-8,10H2,(H,19,24)(H,21,25). The first-order chi connectivity index (χ1) is 13.5. The van der Waals surface area contributed by atoms with Crippen LogP contribution in [0.2, 0.25) is 0 Å². The highest BCUT2D eigenvalue weighted by Crippen LogP contribution is 2.12. The number of aromatic nitrogens is 2. The van der Waals surface area contributed by atoms with E-state index in [1.165, 1.54) is 17.1 Å². The summed E-state index contributed by atoms with van der Waals surface area (Å²) in [5.41, 5.74) is 1.36. The van der Waals surface area contributed by atoms with Crippen molar-refractivity contribution in [2.45, 2.75) is 19.5 Å². The van der Waals surface area contributed by atoms with Crippen molar-refractivity contribution in [2.75, 3.05) is 5.32 Å². The fourth-order valence-corrected chi connectivity index (χ4v) is 2.38. The number of benzene rings is 1. The SMILES string of the molecule is O=C(CCn1cc([N+](=O)[O-])cn1)NCc1ccc(NC(=O)c2ccco2)cc1. The first kappa shape index (κ1) is 18.8. The number of furan rings is 1.